The summed E-state index contributed by atoms with van der Waals surface area (Å²) in [6.07, 6.45) is 0. The van der Waals surface area contributed by atoms with Crippen LogP contribution in [0.25, 0.3) is 0 Å². The van der Waals surface area contributed by atoms with Crippen molar-refractivity contribution in [1.82, 2.24) is 20.1 Å². The van der Waals surface area contributed by atoms with Crippen LogP contribution in [-0.2, 0) is 0 Å². The van der Waals surface area contributed by atoms with Crippen molar-refractivity contribution in [3.8, 4) is 0 Å². The van der Waals surface area contributed by atoms with E-state index < -0.39 is 17.2 Å². The molecule has 0 aromatic carbocycles. The number of nitrogens with one attached hydrogen (secondary N) is 2. The first-order valence-corrected chi connectivity index (χ1v) is 7.21. The molecule has 3 rings (SSSR count). The Bertz CT molecular complexity index is 639. The van der Waals surface area contributed by atoms with E-state index in [9.17, 15) is 14.4 Å². The number of aromatic amines is 2. The number of rotatable bonds is 1. The molecule has 0 radical (unpaired) electrons. The van der Waals surface area contributed by atoms with Gasteiger partial charge in [0, 0.05) is 18.8 Å². The van der Waals surface area contributed by atoms with Crippen molar-refractivity contribution in [2.75, 3.05) is 24.6 Å². The number of amides is 1. The molecule has 0 aliphatic carbocycles. The van der Waals surface area contributed by atoms with Gasteiger partial charge in [-0.15, -0.1) is 0 Å². The third kappa shape index (κ3) is 1.99. The minimum Gasteiger partial charge on any atom is -0.336 e. The third-order valence-electron chi connectivity index (χ3n) is 3.93. The van der Waals surface area contributed by atoms with Gasteiger partial charge >= 0.3 is 5.69 Å². The van der Waals surface area contributed by atoms with Gasteiger partial charge in [0.1, 0.15) is 0 Å². The number of likely N-dealkylation sites (tertiary alicyclic amines) is 1. The molecule has 1 aromatic heterocycles. The Morgan fingerprint density at radius 2 is 2.32 bits per heavy atom. The monoisotopic (exact) mass is 282 g/mol. The van der Waals surface area contributed by atoms with E-state index in [1.54, 1.807) is 4.90 Å². The van der Waals surface area contributed by atoms with Gasteiger partial charge < -0.3 is 4.90 Å². The van der Waals surface area contributed by atoms with E-state index in [0.29, 0.717) is 19.0 Å². The van der Waals surface area contributed by atoms with E-state index >= 15 is 0 Å². The largest absolute Gasteiger partial charge is 0.342 e. The lowest BCUT2D eigenvalue weighted by atomic mass is 9.84. The minimum absolute atomic E-state index is 0.134. The Morgan fingerprint density at radius 3 is 3.00 bits per heavy atom. The Labute approximate surface area is 112 Å². The number of carbonyl (C=O) groups excluding carboxylic acids is 1. The highest BCUT2D eigenvalue weighted by atomic mass is 32.2. The molecular weight excluding hydrogens is 268 g/mol. The van der Waals surface area contributed by atoms with Gasteiger partial charge in [0.05, 0.1) is 0 Å². The van der Waals surface area contributed by atoms with Crippen LogP contribution in [0.15, 0.2) is 9.59 Å². The SMILES string of the molecule is C[C@]12CSC[C@H]1CN(C(=O)c1n[nH]c(=O)[nH]c1=O)C2. The number of hydrogen-bond donors (Lipinski definition) is 2. The molecule has 0 saturated carbocycles. The van der Waals surface area contributed by atoms with Crippen LogP contribution in [0.2, 0.25) is 0 Å². The second-order valence-electron chi connectivity index (χ2n) is 5.41. The number of thioether (sulfide) groups is 1. The summed E-state index contributed by atoms with van der Waals surface area (Å²) in [5.41, 5.74) is -1.54. The van der Waals surface area contributed by atoms with Gasteiger partial charge in [0.2, 0.25) is 5.69 Å². The molecule has 2 N–H and O–H groups in total. The first kappa shape index (κ1) is 12.5. The van der Waals surface area contributed by atoms with E-state index in [1.165, 1.54) is 0 Å². The van der Waals surface area contributed by atoms with Crippen LogP contribution in [-0.4, -0.2) is 50.6 Å². The molecule has 2 aliphatic rings. The molecule has 1 amide bonds. The van der Waals surface area contributed by atoms with Crippen LogP contribution >= 0.6 is 11.8 Å². The summed E-state index contributed by atoms with van der Waals surface area (Å²) in [4.78, 5) is 38.4. The van der Waals surface area contributed by atoms with E-state index in [4.69, 9.17) is 0 Å². The van der Waals surface area contributed by atoms with E-state index in [2.05, 4.69) is 17.1 Å². The number of fused-ring (bicyclic) bond motifs is 1. The zero-order valence-electron chi connectivity index (χ0n) is 10.4. The molecular formula is C11H14N4O3S. The highest BCUT2D eigenvalue weighted by Gasteiger charge is 2.48. The third-order valence-corrected chi connectivity index (χ3v) is 5.43. The average molecular weight is 282 g/mol. The van der Waals surface area contributed by atoms with Gasteiger partial charge in [0.25, 0.3) is 11.5 Å². The van der Waals surface area contributed by atoms with Crippen molar-refractivity contribution in [3.05, 3.63) is 26.5 Å². The van der Waals surface area contributed by atoms with E-state index in [-0.39, 0.29) is 11.1 Å². The number of aromatic nitrogens is 3. The molecule has 7 nitrogen and oxygen atoms in total. The molecule has 1 aromatic rings. The predicted octanol–water partition coefficient (Wildman–Crippen LogP) is -0.717. The molecule has 2 atom stereocenters. The van der Waals surface area contributed by atoms with Crippen LogP contribution in [0, 0.1) is 11.3 Å². The smallest absolute Gasteiger partial charge is 0.336 e. The maximum Gasteiger partial charge on any atom is 0.342 e. The summed E-state index contributed by atoms with van der Waals surface area (Å²) in [5.74, 6) is 2.16. The molecule has 0 spiro atoms. The Hall–Kier alpha value is -1.57. The van der Waals surface area contributed by atoms with Crippen LogP contribution in [0.5, 0.6) is 0 Å². The lowest BCUT2D eigenvalue weighted by Crippen LogP contribution is -2.38. The Balaban J connectivity index is 1.86. The molecule has 0 unspecified atom stereocenters. The second kappa shape index (κ2) is 4.22. The highest BCUT2D eigenvalue weighted by Crippen LogP contribution is 2.46. The molecule has 2 fully saturated rings. The summed E-state index contributed by atoms with van der Waals surface area (Å²) >= 11 is 1.91. The van der Waals surface area contributed by atoms with Gasteiger partial charge in [0.15, 0.2) is 0 Å². The summed E-state index contributed by atoms with van der Waals surface area (Å²) < 4.78 is 0. The molecule has 8 heteroatoms. The fourth-order valence-electron chi connectivity index (χ4n) is 2.76. The van der Waals surface area contributed by atoms with E-state index in [1.807, 2.05) is 16.7 Å². The Kier molecular flexibility index (Phi) is 2.77. The fourth-order valence-corrected chi connectivity index (χ4v) is 4.47. The molecule has 0 bridgehead atoms. The van der Waals surface area contributed by atoms with Crippen molar-refractivity contribution in [2.45, 2.75) is 6.92 Å². The molecule has 102 valence electrons. The number of carbonyl (C=O) groups is 1. The maximum atomic E-state index is 12.3. The summed E-state index contributed by atoms with van der Waals surface area (Å²) in [6.45, 7) is 3.47. The van der Waals surface area contributed by atoms with Gasteiger partial charge in [-0.2, -0.15) is 16.9 Å². The zero-order valence-corrected chi connectivity index (χ0v) is 11.2. The van der Waals surface area contributed by atoms with Crippen LogP contribution in [0.1, 0.15) is 17.4 Å². The predicted molar refractivity (Wildman–Crippen MR) is 70.3 cm³/mol. The molecule has 3 heterocycles. The Morgan fingerprint density at radius 1 is 1.53 bits per heavy atom. The molecule has 19 heavy (non-hydrogen) atoms. The number of H-pyrrole nitrogens is 2. The van der Waals surface area contributed by atoms with Crippen molar-refractivity contribution in [3.63, 3.8) is 0 Å². The van der Waals surface area contributed by atoms with Crippen molar-refractivity contribution >= 4 is 17.7 Å². The van der Waals surface area contributed by atoms with Crippen LogP contribution in [0.3, 0.4) is 0 Å². The van der Waals surface area contributed by atoms with Gasteiger partial charge in [-0.1, -0.05) is 6.92 Å². The maximum absolute atomic E-state index is 12.3. The highest BCUT2D eigenvalue weighted by molar-refractivity contribution is 7.99. The number of hydrogen-bond acceptors (Lipinski definition) is 5. The number of nitrogens with zero attached hydrogens (tertiary/aromatic N) is 2. The van der Waals surface area contributed by atoms with Crippen molar-refractivity contribution in [2.24, 2.45) is 11.3 Å². The van der Waals surface area contributed by atoms with E-state index in [0.717, 1.165) is 11.5 Å². The zero-order chi connectivity index (χ0) is 13.6. The van der Waals surface area contributed by atoms with Gasteiger partial charge in [-0.05, 0) is 17.1 Å². The second-order valence-corrected chi connectivity index (χ2v) is 6.44. The van der Waals surface area contributed by atoms with Crippen molar-refractivity contribution in [1.29, 1.82) is 0 Å². The minimum atomic E-state index is -0.731. The quantitative estimate of drug-likeness (QED) is 0.708. The first-order valence-electron chi connectivity index (χ1n) is 6.06. The molecule has 2 saturated heterocycles. The summed E-state index contributed by atoms with van der Waals surface area (Å²) in [5, 5.41) is 5.65. The van der Waals surface area contributed by atoms with Crippen molar-refractivity contribution < 1.29 is 4.79 Å². The van der Waals surface area contributed by atoms with Gasteiger partial charge in [-0.3, -0.25) is 14.6 Å². The van der Waals surface area contributed by atoms with Crippen LogP contribution in [0.4, 0.5) is 0 Å². The van der Waals surface area contributed by atoms with Crippen LogP contribution < -0.4 is 11.2 Å². The lowest BCUT2D eigenvalue weighted by molar-refractivity contribution is 0.0768. The topological polar surface area (TPSA) is 98.9 Å². The standard InChI is InChI=1S/C11H14N4O3S/c1-11-4-15(2-6(11)3-19-5-11)9(17)7-8(16)12-10(18)14-13-7/h6H,2-5H2,1H3,(H2,12,14,16,18)/t6-,11+/m1/s1. The molecule has 2 aliphatic heterocycles. The fraction of sp³-hybridized carbons (Fsp3) is 0.636. The summed E-state index contributed by atoms with van der Waals surface area (Å²) in [6, 6.07) is 0. The summed E-state index contributed by atoms with van der Waals surface area (Å²) in [7, 11) is 0. The first-order chi connectivity index (χ1) is 8.99. The normalized spacial score (nSPS) is 29.5. The average Bonchev–Trinajstić information content (AvgIpc) is 2.83. The van der Waals surface area contributed by atoms with Gasteiger partial charge in [-0.25, -0.2) is 9.89 Å². The lowest BCUT2D eigenvalue weighted by Gasteiger charge is -2.21.